The number of carbonyl (C=O) groups excluding carboxylic acids is 1. The number of aromatic nitrogens is 2. The van der Waals surface area contributed by atoms with Gasteiger partial charge in [0.15, 0.2) is 11.0 Å². The molecule has 2 aromatic carbocycles. The summed E-state index contributed by atoms with van der Waals surface area (Å²) >= 11 is 1.37. The van der Waals surface area contributed by atoms with Crippen LogP contribution in [0.25, 0.3) is 0 Å². The summed E-state index contributed by atoms with van der Waals surface area (Å²) < 4.78 is 5.06. The molecule has 8 heteroatoms. The van der Waals surface area contributed by atoms with E-state index in [-0.39, 0.29) is 11.5 Å². The monoisotopic (exact) mass is 396 g/mol. The number of methoxy groups -OCH3 is 1. The molecule has 1 heterocycles. The quantitative estimate of drug-likeness (QED) is 0.436. The maximum absolute atomic E-state index is 12.4. The topological polar surface area (TPSA) is 110 Å². The smallest absolute Gasteiger partial charge is 0.277 e. The van der Waals surface area contributed by atoms with Gasteiger partial charge in [0.25, 0.3) is 11.5 Å². The summed E-state index contributed by atoms with van der Waals surface area (Å²) in [4.78, 5) is 31.6. The van der Waals surface area contributed by atoms with E-state index in [0.29, 0.717) is 22.2 Å². The van der Waals surface area contributed by atoms with Gasteiger partial charge in [0.2, 0.25) is 0 Å². The van der Waals surface area contributed by atoms with Crippen molar-refractivity contribution < 1.29 is 9.53 Å². The minimum atomic E-state index is -0.498. The van der Waals surface area contributed by atoms with Crippen molar-refractivity contribution in [1.29, 1.82) is 0 Å². The van der Waals surface area contributed by atoms with Crippen LogP contribution in [0.2, 0.25) is 0 Å². The number of hydrogen-bond acceptors (Lipinski definition) is 6. The highest BCUT2D eigenvalue weighted by Crippen LogP contribution is 2.23. The summed E-state index contributed by atoms with van der Waals surface area (Å²) in [5.74, 6) is 0.789. The molecular formula is C20H20N4O3S. The highest BCUT2D eigenvalue weighted by Gasteiger charge is 2.14. The van der Waals surface area contributed by atoms with Crippen LogP contribution in [0.5, 0.6) is 5.75 Å². The Morgan fingerprint density at radius 2 is 1.93 bits per heavy atom. The van der Waals surface area contributed by atoms with Crippen LogP contribution < -0.4 is 21.3 Å². The highest BCUT2D eigenvalue weighted by molar-refractivity contribution is 7.98. The van der Waals surface area contributed by atoms with Crippen LogP contribution in [0.1, 0.15) is 21.5 Å². The Kier molecular flexibility index (Phi) is 6.00. The van der Waals surface area contributed by atoms with Gasteiger partial charge in [-0.3, -0.25) is 14.6 Å². The number of nitrogens with zero attached hydrogens (tertiary/aromatic N) is 1. The summed E-state index contributed by atoms with van der Waals surface area (Å²) in [6.07, 6.45) is 0. The molecule has 0 fully saturated rings. The van der Waals surface area contributed by atoms with Crippen molar-refractivity contribution in [1.82, 2.24) is 9.97 Å². The fourth-order valence-corrected chi connectivity index (χ4v) is 3.45. The number of anilines is 2. The number of aryl methyl sites for hydroxylation is 1. The summed E-state index contributed by atoms with van der Waals surface area (Å²) in [5.41, 5.74) is 8.02. The molecule has 0 unspecified atom stereocenters. The Labute approximate surface area is 166 Å². The normalized spacial score (nSPS) is 10.5. The van der Waals surface area contributed by atoms with E-state index in [1.54, 1.807) is 31.4 Å². The van der Waals surface area contributed by atoms with Crippen molar-refractivity contribution in [2.24, 2.45) is 0 Å². The molecule has 1 amide bonds. The number of nitrogens with one attached hydrogen (secondary N) is 2. The maximum Gasteiger partial charge on any atom is 0.277 e. The minimum absolute atomic E-state index is 0.0297. The van der Waals surface area contributed by atoms with Gasteiger partial charge in [0, 0.05) is 11.3 Å². The second-order valence-electron chi connectivity index (χ2n) is 6.03. The molecule has 0 aliphatic rings. The number of benzene rings is 2. The van der Waals surface area contributed by atoms with Gasteiger partial charge in [-0.2, -0.15) is 0 Å². The zero-order valence-electron chi connectivity index (χ0n) is 15.5. The van der Waals surface area contributed by atoms with Crippen molar-refractivity contribution in [3.8, 4) is 5.75 Å². The zero-order valence-corrected chi connectivity index (χ0v) is 16.3. The van der Waals surface area contributed by atoms with Gasteiger partial charge in [0.1, 0.15) is 11.4 Å². The third kappa shape index (κ3) is 4.52. The van der Waals surface area contributed by atoms with E-state index >= 15 is 0 Å². The number of thioether (sulfide) groups is 1. The number of aromatic amines is 1. The Morgan fingerprint density at radius 3 is 2.57 bits per heavy atom. The molecule has 0 atom stereocenters. The van der Waals surface area contributed by atoms with Crippen LogP contribution in [-0.4, -0.2) is 23.0 Å². The highest BCUT2D eigenvalue weighted by atomic mass is 32.2. The second-order valence-corrected chi connectivity index (χ2v) is 6.99. The average molecular weight is 396 g/mol. The van der Waals surface area contributed by atoms with Gasteiger partial charge in [-0.25, -0.2) is 4.98 Å². The van der Waals surface area contributed by atoms with Crippen LogP contribution in [0.15, 0.2) is 58.5 Å². The first-order valence-corrected chi connectivity index (χ1v) is 9.49. The molecule has 28 heavy (non-hydrogen) atoms. The molecule has 7 nitrogen and oxygen atoms in total. The summed E-state index contributed by atoms with van der Waals surface area (Å²) in [5, 5.41) is 2.92. The Bertz CT molecular complexity index is 1050. The van der Waals surface area contributed by atoms with Crippen LogP contribution in [0.4, 0.5) is 11.5 Å². The molecule has 0 bridgehead atoms. The second kappa shape index (κ2) is 8.62. The Balaban J connectivity index is 1.73. The van der Waals surface area contributed by atoms with Gasteiger partial charge in [-0.1, -0.05) is 36.0 Å². The van der Waals surface area contributed by atoms with E-state index in [9.17, 15) is 9.59 Å². The number of rotatable bonds is 6. The molecule has 0 radical (unpaired) electrons. The molecule has 0 saturated carbocycles. The third-order valence-electron chi connectivity index (χ3n) is 4.14. The van der Waals surface area contributed by atoms with Crippen LogP contribution >= 0.6 is 11.8 Å². The van der Waals surface area contributed by atoms with Gasteiger partial charge in [-0.05, 0) is 42.3 Å². The molecule has 4 N–H and O–H groups in total. The largest absolute Gasteiger partial charge is 0.497 e. The van der Waals surface area contributed by atoms with E-state index in [1.807, 2.05) is 31.2 Å². The van der Waals surface area contributed by atoms with Crippen LogP contribution in [-0.2, 0) is 5.75 Å². The zero-order chi connectivity index (χ0) is 20.1. The van der Waals surface area contributed by atoms with Gasteiger partial charge in [0.05, 0.1) is 7.11 Å². The van der Waals surface area contributed by atoms with Gasteiger partial charge in [-0.15, -0.1) is 0 Å². The van der Waals surface area contributed by atoms with E-state index in [1.165, 1.54) is 11.8 Å². The van der Waals surface area contributed by atoms with Crippen molar-refractivity contribution in [3.05, 3.63) is 75.6 Å². The average Bonchev–Trinajstić information content (AvgIpc) is 2.70. The number of carbonyl (C=O) groups is 1. The lowest BCUT2D eigenvalue weighted by molar-refractivity contribution is 0.102. The summed E-state index contributed by atoms with van der Waals surface area (Å²) in [6, 6.07) is 14.5. The van der Waals surface area contributed by atoms with Crippen LogP contribution in [0, 0.1) is 6.92 Å². The number of nitrogen functional groups attached to an aromatic ring is 1. The number of amides is 1. The van der Waals surface area contributed by atoms with E-state index < -0.39 is 11.5 Å². The van der Waals surface area contributed by atoms with Gasteiger partial charge < -0.3 is 15.8 Å². The predicted molar refractivity (Wildman–Crippen MR) is 111 cm³/mol. The predicted octanol–water partition coefficient (Wildman–Crippen LogP) is 3.21. The molecule has 0 aliphatic carbocycles. The number of hydrogen-bond donors (Lipinski definition) is 3. The van der Waals surface area contributed by atoms with E-state index in [4.69, 9.17) is 10.5 Å². The first-order valence-electron chi connectivity index (χ1n) is 8.50. The van der Waals surface area contributed by atoms with E-state index in [0.717, 1.165) is 11.1 Å². The summed E-state index contributed by atoms with van der Waals surface area (Å²) in [7, 11) is 1.54. The Morgan fingerprint density at radius 1 is 1.21 bits per heavy atom. The van der Waals surface area contributed by atoms with Crippen molar-refractivity contribution in [2.45, 2.75) is 17.8 Å². The first kappa shape index (κ1) is 19.5. The standard InChI is InChI=1S/C20H20N4O3S/c1-12-5-3-4-6-14(12)11-28-20-23-17(21)16(19(26)24-20)22-18(25)13-7-9-15(27-2)10-8-13/h3-10H,11H2,1-2H3,(H,22,25)(H3,21,23,24,26). The third-order valence-corrected chi connectivity index (χ3v) is 5.06. The SMILES string of the molecule is COc1ccc(C(=O)Nc2c(N)nc(SCc3ccccc3C)[nH]c2=O)cc1. The fourth-order valence-electron chi connectivity index (χ4n) is 2.50. The molecule has 3 rings (SSSR count). The first-order chi connectivity index (χ1) is 13.5. The van der Waals surface area contributed by atoms with E-state index in [2.05, 4.69) is 15.3 Å². The molecule has 0 saturated heterocycles. The summed E-state index contributed by atoms with van der Waals surface area (Å²) in [6.45, 7) is 2.03. The maximum atomic E-state index is 12.4. The van der Waals surface area contributed by atoms with Crippen LogP contribution in [0.3, 0.4) is 0 Å². The number of H-pyrrole nitrogens is 1. The van der Waals surface area contributed by atoms with Crippen molar-refractivity contribution >= 4 is 29.2 Å². The lowest BCUT2D eigenvalue weighted by atomic mass is 10.1. The molecule has 3 aromatic rings. The number of ether oxygens (including phenoxy) is 1. The molecule has 1 aromatic heterocycles. The van der Waals surface area contributed by atoms with Crippen molar-refractivity contribution in [3.63, 3.8) is 0 Å². The lowest BCUT2D eigenvalue weighted by Crippen LogP contribution is -2.23. The fraction of sp³-hybridized carbons (Fsp3) is 0.150. The van der Waals surface area contributed by atoms with Crippen molar-refractivity contribution in [2.75, 3.05) is 18.2 Å². The molecule has 0 aliphatic heterocycles. The van der Waals surface area contributed by atoms with Gasteiger partial charge >= 0.3 is 0 Å². The molecular weight excluding hydrogens is 376 g/mol. The molecule has 0 spiro atoms. The Hall–Kier alpha value is -3.26. The molecule has 144 valence electrons. The minimum Gasteiger partial charge on any atom is -0.497 e. The number of nitrogens with two attached hydrogens (primary N) is 1. The lowest BCUT2D eigenvalue weighted by Gasteiger charge is -2.09.